The number of nitrogens with one attached hydrogen (secondary N) is 1. The van der Waals surface area contributed by atoms with Crippen LogP contribution in [0.3, 0.4) is 0 Å². The molecule has 0 aliphatic heterocycles. The van der Waals surface area contributed by atoms with Crippen molar-refractivity contribution in [2.45, 2.75) is 46.1 Å². The number of ether oxygens (including phenoxy) is 1. The second-order valence-electron chi connectivity index (χ2n) is 5.58. The number of rotatable bonds is 1. The topological polar surface area (TPSA) is 50.1 Å². The Morgan fingerprint density at radius 2 is 2.07 bits per heavy atom. The number of hydrogen-bond acceptors (Lipinski definition) is 2. The number of fused-ring (bicyclic) bond motifs is 2. The van der Waals surface area contributed by atoms with Gasteiger partial charge in [-0.3, -0.25) is 0 Å². The van der Waals surface area contributed by atoms with Crippen LogP contribution in [0.5, 0.6) is 0 Å². The summed E-state index contributed by atoms with van der Waals surface area (Å²) in [6, 6.07) is 0. The summed E-state index contributed by atoms with van der Waals surface area (Å²) in [5.41, 5.74) is 7.41. The van der Waals surface area contributed by atoms with Crippen molar-refractivity contribution in [1.29, 1.82) is 0 Å². The van der Waals surface area contributed by atoms with Gasteiger partial charge < -0.3 is 4.74 Å². The molecule has 0 saturated heterocycles. The zero-order valence-corrected chi connectivity index (χ0v) is 9.09. The van der Waals surface area contributed by atoms with Crippen LogP contribution in [0.4, 0.5) is 4.79 Å². The third kappa shape index (κ3) is 1.07. The Morgan fingerprint density at radius 3 is 2.43 bits per heavy atom. The lowest BCUT2D eigenvalue weighted by molar-refractivity contribution is 0.0588. The van der Waals surface area contributed by atoms with Gasteiger partial charge in [0.15, 0.2) is 0 Å². The molecule has 0 aromatic carbocycles. The van der Waals surface area contributed by atoms with E-state index < -0.39 is 6.09 Å². The molecule has 2 rings (SSSR count). The van der Waals surface area contributed by atoms with E-state index in [4.69, 9.17) is 10.5 Å². The first-order valence-electron chi connectivity index (χ1n) is 5.29. The molecule has 0 aromatic heterocycles. The van der Waals surface area contributed by atoms with Crippen LogP contribution >= 0.6 is 0 Å². The molecule has 2 aliphatic carbocycles. The number of carbonyl (C=O) groups excluding carboxylic acids is 1. The lowest BCUT2D eigenvalue weighted by Gasteiger charge is -2.33. The lowest BCUT2D eigenvalue weighted by atomic mass is 9.71. The van der Waals surface area contributed by atoms with Gasteiger partial charge in [-0.1, -0.05) is 20.8 Å². The van der Waals surface area contributed by atoms with E-state index in [2.05, 4.69) is 20.8 Å². The molecule has 3 heteroatoms. The van der Waals surface area contributed by atoms with E-state index in [1.165, 1.54) is 6.42 Å². The monoisotopic (exact) mass is 196 g/mol. The van der Waals surface area contributed by atoms with E-state index in [9.17, 15) is 4.79 Å². The summed E-state index contributed by atoms with van der Waals surface area (Å²) in [5, 5.41) is 0. The molecular weight excluding hydrogens is 178 g/mol. The molecule has 3 atom stereocenters. The van der Waals surface area contributed by atoms with Crippen LogP contribution in [0.25, 0.3) is 0 Å². The molecule has 14 heavy (non-hydrogen) atoms. The van der Waals surface area contributed by atoms with Crippen molar-refractivity contribution in [3.05, 3.63) is 0 Å². The first-order chi connectivity index (χ1) is 6.37. The number of hydrogen-bond donors (Lipinski definition) is 0. The Bertz CT molecular complexity index is 272. The van der Waals surface area contributed by atoms with Gasteiger partial charge >= 0.3 is 6.09 Å². The number of amides is 1. The lowest BCUT2D eigenvalue weighted by Crippen LogP contribution is -2.27. The van der Waals surface area contributed by atoms with Crippen molar-refractivity contribution in [3.8, 4) is 0 Å². The van der Waals surface area contributed by atoms with Crippen LogP contribution in [0.2, 0.25) is 0 Å². The van der Waals surface area contributed by atoms with Crippen molar-refractivity contribution in [2.75, 3.05) is 0 Å². The Balaban J connectivity index is 2.19. The molecule has 3 nitrogen and oxygen atoms in total. The van der Waals surface area contributed by atoms with E-state index in [1.54, 1.807) is 0 Å². The van der Waals surface area contributed by atoms with Crippen molar-refractivity contribution in [2.24, 2.45) is 16.7 Å². The molecule has 1 amide bonds. The largest absolute Gasteiger partial charge is 0.445 e. The highest BCUT2D eigenvalue weighted by molar-refractivity contribution is 5.64. The first-order valence-corrected chi connectivity index (χ1v) is 5.29. The van der Waals surface area contributed by atoms with E-state index in [0.717, 1.165) is 12.8 Å². The van der Waals surface area contributed by atoms with Crippen molar-refractivity contribution < 1.29 is 9.53 Å². The Kier molecular flexibility index (Phi) is 1.85. The maximum Gasteiger partial charge on any atom is 0.426 e. The van der Waals surface area contributed by atoms with Crippen molar-refractivity contribution >= 4 is 6.09 Å². The summed E-state index contributed by atoms with van der Waals surface area (Å²) in [6.45, 7) is 6.82. The highest BCUT2D eigenvalue weighted by Gasteiger charge is 2.61. The standard InChI is InChI=1S/C11H18NO2/c1-10(2)7-4-5-11(10,3)6-8(7)14-9(12)13/h7-8,12H,4-6H2,1-3H3. The summed E-state index contributed by atoms with van der Waals surface area (Å²) in [7, 11) is 0. The van der Waals surface area contributed by atoms with Gasteiger partial charge in [0.05, 0.1) is 0 Å². The van der Waals surface area contributed by atoms with Gasteiger partial charge in [-0.15, -0.1) is 0 Å². The van der Waals surface area contributed by atoms with Crippen LogP contribution in [0, 0.1) is 16.7 Å². The van der Waals surface area contributed by atoms with Gasteiger partial charge in [0.1, 0.15) is 6.10 Å². The van der Waals surface area contributed by atoms with E-state index in [-0.39, 0.29) is 11.5 Å². The Labute approximate surface area is 85.0 Å². The van der Waals surface area contributed by atoms with Crippen LogP contribution in [0.15, 0.2) is 0 Å². The zero-order valence-electron chi connectivity index (χ0n) is 9.09. The predicted molar refractivity (Wildman–Crippen MR) is 52.6 cm³/mol. The second kappa shape index (κ2) is 2.65. The molecule has 0 heterocycles. The normalized spacial score (nSPS) is 43.9. The highest BCUT2D eigenvalue weighted by Crippen LogP contribution is 2.66. The fraction of sp³-hybridized carbons (Fsp3) is 0.909. The molecule has 0 spiro atoms. The van der Waals surface area contributed by atoms with E-state index in [0.29, 0.717) is 11.3 Å². The summed E-state index contributed by atoms with van der Waals surface area (Å²) < 4.78 is 5.07. The number of carbonyl (C=O) groups is 1. The highest BCUT2D eigenvalue weighted by atomic mass is 16.6. The molecule has 2 saturated carbocycles. The third-order valence-electron chi connectivity index (χ3n) is 4.85. The van der Waals surface area contributed by atoms with Crippen LogP contribution in [-0.4, -0.2) is 12.2 Å². The minimum Gasteiger partial charge on any atom is -0.445 e. The van der Waals surface area contributed by atoms with Gasteiger partial charge in [-0.25, -0.2) is 10.5 Å². The molecule has 0 aromatic rings. The van der Waals surface area contributed by atoms with Gasteiger partial charge in [-0.05, 0) is 30.1 Å². The minimum absolute atomic E-state index is 0.00579. The summed E-state index contributed by atoms with van der Waals surface area (Å²) >= 11 is 0. The smallest absolute Gasteiger partial charge is 0.426 e. The molecular formula is C11H18NO2. The van der Waals surface area contributed by atoms with Gasteiger partial charge in [-0.2, -0.15) is 0 Å². The van der Waals surface area contributed by atoms with Crippen molar-refractivity contribution in [3.63, 3.8) is 0 Å². The van der Waals surface area contributed by atoms with Crippen molar-refractivity contribution in [1.82, 2.24) is 5.73 Å². The molecule has 2 fully saturated rings. The predicted octanol–water partition coefficient (Wildman–Crippen LogP) is 2.62. The maximum atomic E-state index is 10.6. The third-order valence-corrected chi connectivity index (χ3v) is 4.85. The van der Waals surface area contributed by atoms with E-state index in [1.807, 2.05) is 0 Å². The molecule has 79 valence electrons. The molecule has 1 N–H and O–H groups in total. The summed E-state index contributed by atoms with van der Waals surface area (Å²) in [4.78, 5) is 10.6. The summed E-state index contributed by atoms with van der Waals surface area (Å²) in [6.07, 6.45) is 2.43. The average Bonchev–Trinajstić information content (AvgIpc) is 2.31. The zero-order chi connectivity index (χ0) is 10.6. The maximum absolute atomic E-state index is 10.6. The van der Waals surface area contributed by atoms with Crippen LogP contribution < -0.4 is 5.73 Å². The van der Waals surface area contributed by atoms with Gasteiger partial charge in [0.25, 0.3) is 0 Å². The fourth-order valence-corrected chi connectivity index (χ4v) is 3.47. The quantitative estimate of drug-likeness (QED) is 0.647. The SMILES string of the molecule is CC12CCC(C(OC([NH])=O)C1)C2(C)C. The Hall–Kier alpha value is -0.730. The molecule has 1 radical (unpaired) electrons. The fourth-order valence-electron chi connectivity index (χ4n) is 3.47. The minimum atomic E-state index is -0.873. The molecule has 3 unspecified atom stereocenters. The summed E-state index contributed by atoms with van der Waals surface area (Å²) in [5.74, 6) is 0.460. The molecule has 2 aliphatic rings. The van der Waals surface area contributed by atoms with Gasteiger partial charge in [0, 0.05) is 5.92 Å². The van der Waals surface area contributed by atoms with E-state index >= 15 is 0 Å². The van der Waals surface area contributed by atoms with Crippen LogP contribution in [0.1, 0.15) is 40.0 Å². The average molecular weight is 196 g/mol. The van der Waals surface area contributed by atoms with Crippen LogP contribution in [-0.2, 0) is 4.74 Å². The van der Waals surface area contributed by atoms with Gasteiger partial charge in [0.2, 0.25) is 0 Å². The molecule has 2 bridgehead atoms. The Morgan fingerprint density at radius 1 is 1.43 bits per heavy atom. The second-order valence-corrected chi connectivity index (χ2v) is 5.58. The first kappa shape index (κ1) is 9.81.